The maximum atomic E-state index is 6.25. The van der Waals surface area contributed by atoms with Gasteiger partial charge in [-0.3, -0.25) is 0 Å². The van der Waals surface area contributed by atoms with Gasteiger partial charge in [0.1, 0.15) is 0 Å². The Morgan fingerprint density at radius 1 is 1.47 bits per heavy atom. The topological polar surface area (TPSA) is 15.3 Å². The monoisotopic (exact) mass is 316 g/mol. The van der Waals surface area contributed by atoms with Crippen molar-refractivity contribution in [1.82, 2.24) is 5.32 Å². The number of nitrogens with one attached hydrogen (secondary N) is 1. The van der Waals surface area contributed by atoms with Crippen LogP contribution in [0.1, 0.15) is 20.3 Å². The molecule has 1 heterocycles. The average molecular weight is 318 g/mol. The summed E-state index contributed by atoms with van der Waals surface area (Å²) in [5.41, 5.74) is 1.13. The summed E-state index contributed by atoms with van der Waals surface area (Å²) >= 11 is 9.74. The van der Waals surface area contributed by atoms with Gasteiger partial charge in [-0.25, -0.2) is 0 Å². The van der Waals surface area contributed by atoms with E-state index in [4.69, 9.17) is 11.6 Å². The first-order valence-electron chi connectivity index (χ1n) is 6.02. The fourth-order valence-electron chi connectivity index (χ4n) is 2.31. The lowest BCUT2D eigenvalue weighted by Gasteiger charge is -2.21. The van der Waals surface area contributed by atoms with Gasteiger partial charge >= 0.3 is 0 Å². The molecular weight excluding hydrogens is 300 g/mol. The second kappa shape index (κ2) is 5.59. The summed E-state index contributed by atoms with van der Waals surface area (Å²) in [5, 5.41) is 4.41. The van der Waals surface area contributed by atoms with Crippen molar-refractivity contribution in [2.75, 3.05) is 18.0 Å². The van der Waals surface area contributed by atoms with Crippen LogP contribution in [0, 0.1) is 0 Å². The van der Waals surface area contributed by atoms with Crippen LogP contribution in [0.25, 0.3) is 0 Å². The second-order valence-corrected chi connectivity index (χ2v) is 6.17. The van der Waals surface area contributed by atoms with Crippen LogP contribution in [0.5, 0.6) is 0 Å². The third-order valence-corrected chi connectivity index (χ3v) is 3.82. The van der Waals surface area contributed by atoms with Crippen molar-refractivity contribution in [2.45, 2.75) is 32.4 Å². The predicted octanol–water partition coefficient (Wildman–Crippen LogP) is 3.68. The standard InChI is InChI=1S/C13H18BrClN2/c1-9(2)16-11-5-6-17(8-11)13-7-10(14)3-4-12(13)15/h3-4,7,9,11,16H,5-6,8H2,1-2H3. The van der Waals surface area contributed by atoms with E-state index in [0.717, 1.165) is 28.3 Å². The van der Waals surface area contributed by atoms with E-state index >= 15 is 0 Å². The van der Waals surface area contributed by atoms with Gasteiger partial charge in [0.2, 0.25) is 0 Å². The van der Waals surface area contributed by atoms with Crippen molar-refractivity contribution in [3.8, 4) is 0 Å². The van der Waals surface area contributed by atoms with Crippen LogP contribution in [-0.2, 0) is 0 Å². The van der Waals surface area contributed by atoms with E-state index in [1.165, 1.54) is 6.42 Å². The van der Waals surface area contributed by atoms with Crippen LogP contribution in [0.3, 0.4) is 0 Å². The zero-order valence-corrected chi connectivity index (χ0v) is 12.6. The Hall–Kier alpha value is -0.250. The lowest BCUT2D eigenvalue weighted by atomic mass is 10.2. The largest absolute Gasteiger partial charge is 0.369 e. The summed E-state index contributed by atoms with van der Waals surface area (Å²) in [6, 6.07) is 7.14. The first-order chi connectivity index (χ1) is 8.06. The molecule has 1 aliphatic heterocycles. The van der Waals surface area contributed by atoms with Crippen LogP contribution >= 0.6 is 27.5 Å². The van der Waals surface area contributed by atoms with Gasteiger partial charge in [0.15, 0.2) is 0 Å². The van der Waals surface area contributed by atoms with Gasteiger partial charge in [-0.1, -0.05) is 41.4 Å². The molecule has 1 saturated heterocycles. The molecule has 0 amide bonds. The molecule has 1 aliphatic rings. The Labute approximate surface area is 116 Å². The Kier molecular flexibility index (Phi) is 4.34. The minimum absolute atomic E-state index is 0.540. The summed E-state index contributed by atoms with van der Waals surface area (Å²) in [6.07, 6.45) is 1.18. The molecule has 1 N–H and O–H groups in total. The quantitative estimate of drug-likeness (QED) is 0.915. The summed E-state index contributed by atoms with van der Waals surface area (Å²) in [4.78, 5) is 2.35. The molecule has 0 radical (unpaired) electrons. The van der Waals surface area contributed by atoms with Gasteiger partial charge in [-0.05, 0) is 24.6 Å². The van der Waals surface area contributed by atoms with Crippen molar-refractivity contribution in [2.24, 2.45) is 0 Å². The van der Waals surface area contributed by atoms with Gasteiger partial charge in [0.25, 0.3) is 0 Å². The van der Waals surface area contributed by atoms with Crippen LogP contribution in [0.15, 0.2) is 22.7 Å². The van der Waals surface area contributed by atoms with Crippen molar-refractivity contribution < 1.29 is 0 Å². The Bertz CT molecular complexity index is 395. The molecular formula is C13H18BrClN2. The fourth-order valence-corrected chi connectivity index (χ4v) is 2.90. The van der Waals surface area contributed by atoms with Crippen molar-refractivity contribution in [1.29, 1.82) is 0 Å². The molecule has 2 rings (SSSR count). The van der Waals surface area contributed by atoms with Crippen molar-refractivity contribution in [3.05, 3.63) is 27.7 Å². The number of halogens is 2. The van der Waals surface area contributed by atoms with Gasteiger partial charge in [0.05, 0.1) is 10.7 Å². The van der Waals surface area contributed by atoms with Crippen LogP contribution < -0.4 is 10.2 Å². The molecule has 1 aromatic rings. The number of benzene rings is 1. The van der Waals surface area contributed by atoms with Crippen molar-refractivity contribution >= 4 is 33.2 Å². The van der Waals surface area contributed by atoms with E-state index in [-0.39, 0.29) is 0 Å². The third kappa shape index (κ3) is 3.36. The molecule has 1 aromatic carbocycles. The summed E-state index contributed by atoms with van der Waals surface area (Å²) in [5.74, 6) is 0. The summed E-state index contributed by atoms with van der Waals surface area (Å²) in [7, 11) is 0. The Balaban J connectivity index is 2.07. The molecule has 1 unspecified atom stereocenters. The third-order valence-electron chi connectivity index (χ3n) is 3.01. The molecule has 0 aliphatic carbocycles. The molecule has 1 fully saturated rings. The van der Waals surface area contributed by atoms with Crippen LogP contribution in [-0.4, -0.2) is 25.2 Å². The highest BCUT2D eigenvalue weighted by Crippen LogP contribution is 2.31. The lowest BCUT2D eigenvalue weighted by Crippen LogP contribution is -2.37. The van der Waals surface area contributed by atoms with Crippen LogP contribution in [0.2, 0.25) is 5.02 Å². The Morgan fingerprint density at radius 3 is 2.94 bits per heavy atom. The van der Waals surface area contributed by atoms with E-state index in [1.54, 1.807) is 0 Å². The van der Waals surface area contributed by atoms with Gasteiger partial charge < -0.3 is 10.2 Å². The summed E-state index contributed by atoms with van der Waals surface area (Å²) < 4.78 is 1.08. The lowest BCUT2D eigenvalue weighted by molar-refractivity contribution is 0.492. The zero-order chi connectivity index (χ0) is 12.4. The SMILES string of the molecule is CC(C)NC1CCN(c2cc(Br)ccc2Cl)C1. The smallest absolute Gasteiger partial charge is 0.0640 e. The Morgan fingerprint density at radius 2 is 2.24 bits per heavy atom. The second-order valence-electron chi connectivity index (χ2n) is 4.85. The first-order valence-corrected chi connectivity index (χ1v) is 7.19. The fraction of sp³-hybridized carbons (Fsp3) is 0.538. The molecule has 4 heteroatoms. The molecule has 0 aromatic heterocycles. The van der Waals surface area contributed by atoms with E-state index in [0.29, 0.717) is 12.1 Å². The minimum Gasteiger partial charge on any atom is -0.369 e. The highest BCUT2D eigenvalue weighted by Gasteiger charge is 2.24. The normalized spacial score (nSPS) is 20.3. The highest BCUT2D eigenvalue weighted by molar-refractivity contribution is 9.10. The number of rotatable bonds is 3. The number of anilines is 1. The molecule has 94 valence electrons. The van der Waals surface area contributed by atoms with Gasteiger partial charge in [0, 0.05) is 29.6 Å². The predicted molar refractivity (Wildman–Crippen MR) is 78.0 cm³/mol. The number of hydrogen-bond acceptors (Lipinski definition) is 2. The number of hydrogen-bond donors (Lipinski definition) is 1. The molecule has 0 saturated carbocycles. The highest BCUT2D eigenvalue weighted by atomic mass is 79.9. The molecule has 2 nitrogen and oxygen atoms in total. The van der Waals surface area contributed by atoms with Crippen molar-refractivity contribution in [3.63, 3.8) is 0 Å². The molecule has 17 heavy (non-hydrogen) atoms. The van der Waals surface area contributed by atoms with Gasteiger partial charge in [-0.2, -0.15) is 0 Å². The van der Waals surface area contributed by atoms with Crippen LogP contribution in [0.4, 0.5) is 5.69 Å². The van der Waals surface area contributed by atoms with E-state index in [1.807, 2.05) is 12.1 Å². The average Bonchev–Trinajstić information content (AvgIpc) is 2.69. The maximum absolute atomic E-state index is 6.25. The maximum Gasteiger partial charge on any atom is 0.0640 e. The van der Waals surface area contributed by atoms with Gasteiger partial charge in [-0.15, -0.1) is 0 Å². The molecule has 0 spiro atoms. The van der Waals surface area contributed by atoms with E-state index < -0.39 is 0 Å². The number of nitrogens with zero attached hydrogens (tertiary/aromatic N) is 1. The van der Waals surface area contributed by atoms with E-state index in [9.17, 15) is 0 Å². The molecule has 0 bridgehead atoms. The first kappa shape index (κ1) is 13.2. The summed E-state index contributed by atoms with van der Waals surface area (Å²) in [6.45, 7) is 6.48. The zero-order valence-electron chi connectivity index (χ0n) is 10.2. The van der Waals surface area contributed by atoms with E-state index in [2.05, 4.69) is 46.1 Å². The molecule has 1 atom stereocenters. The minimum atomic E-state index is 0.540.